The molecule has 0 unspecified atom stereocenters. The molecule has 4 rings (SSSR count). The fourth-order valence-corrected chi connectivity index (χ4v) is 4.66. The molecule has 10 nitrogen and oxygen atoms in total. The number of hydrogen-bond donors (Lipinski definition) is 3. The third kappa shape index (κ3) is 8.92. The van der Waals surface area contributed by atoms with Crippen LogP contribution in [-0.4, -0.2) is 66.5 Å². The Hall–Kier alpha value is -4.16. The van der Waals surface area contributed by atoms with Crippen LogP contribution in [0.4, 0.5) is 25.5 Å². The zero-order valence-electron chi connectivity index (χ0n) is 22.9. The smallest absolute Gasteiger partial charge is 0.338 e. The molecule has 0 atom stereocenters. The van der Waals surface area contributed by atoms with Crippen LogP contribution in [0.1, 0.15) is 18.4 Å². The number of anilines is 2. The monoisotopic (exact) mass is 580 g/mol. The molecule has 0 bridgehead atoms. The molecule has 1 aliphatic heterocycles. The molecule has 5 amide bonds. The number of aromatic nitrogens is 1. The van der Waals surface area contributed by atoms with Crippen molar-refractivity contribution >= 4 is 42.3 Å². The Labute approximate surface area is 244 Å². The van der Waals surface area contributed by atoms with Crippen LogP contribution in [-0.2, 0) is 11.2 Å². The van der Waals surface area contributed by atoms with E-state index in [1.807, 2.05) is 0 Å². The van der Waals surface area contributed by atoms with Crippen molar-refractivity contribution in [3.63, 3.8) is 0 Å². The molecule has 2 N–H and O–H groups in total. The van der Waals surface area contributed by atoms with Crippen molar-refractivity contribution in [3.05, 3.63) is 78.2 Å². The van der Waals surface area contributed by atoms with E-state index >= 15 is 0 Å². The molecule has 41 heavy (non-hydrogen) atoms. The lowest BCUT2D eigenvalue weighted by atomic mass is 9.97. The average Bonchev–Trinajstić information content (AvgIpc) is 2.94. The number of ether oxygens (including phenoxy) is 1. The van der Waals surface area contributed by atoms with Crippen LogP contribution in [0, 0.1) is 11.7 Å². The average molecular weight is 581 g/mol. The van der Waals surface area contributed by atoms with Gasteiger partial charge in [0.1, 0.15) is 23.1 Å². The first kappa shape index (κ1) is 29.8. The lowest BCUT2D eigenvalue weighted by Gasteiger charge is -2.33. The van der Waals surface area contributed by atoms with Gasteiger partial charge in [-0.15, -0.1) is 0 Å². The van der Waals surface area contributed by atoms with E-state index < -0.39 is 17.8 Å². The number of rotatable bonds is 8. The predicted octanol–water partition coefficient (Wildman–Crippen LogP) is 4.95. The third-order valence-corrected chi connectivity index (χ3v) is 6.94. The van der Waals surface area contributed by atoms with E-state index in [1.54, 1.807) is 47.5 Å². The number of hydrogen-bond acceptors (Lipinski definition) is 7. The number of imide groups is 1. The van der Waals surface area contributed by atoms with Crippen LogP contribution < -0.4 is 19.7 Å². The minimum Gasteiger partial charge on any atom is -0.457 e. The largest absolute Gasteiger partial charge is 0.457 e. The molecule has 2 aromatic carbocycles. The van der Waals surface area contributed by atoms with Crippen molar-refractivity contribution < 1.29 is 23.5 Å². The number of carbonyl (C=O) groups is 3. The number of thiol groups is 1. The summed E-state index contributed by atoms with van der Waals surface area (Å²) in [5.74, 6) is 0.971. The van der Waals surface area contributed by atoms with Crippen LogP contribution in [0.15, 0.2) is 66.9 Å². The Morgan fingerprint density at radius 2 is 1.71 bits per heavy atom. The van der Waals surface area contributed by atoms with E-state index in [4.69, 9.17) is 4.74 Å². The van der Waals surface area contributed by atoms with E-state index in [0.717, 1.165) is 23.7 Å². The first-order chi connectivity index (χ1) is 19.7. The zero-order chi connectivity index (χ0) is 29.4. The minimum atomic E-state index is -0.731. The quantitative estimate of drug-likeness (QED) is 0.326. The molecular weight excluding hydrogens is 547 g/mol. The molecule has 2 heterocycles. The van der Waals surface area contributed by atoms with Crippen molar-refractivity contribution in [2.45, 2.75) is 19.3 Å². The van der Waals surface area contributed by atoms with Gasteiger partial charge in [0.15, 0.2) is 0 Å². The van der Waals surface area contributed by atoms with Gasteiger partial charge in [0.2, 0.25) is 5.91 Å². The van der Waals surface area contributed by atoms with Gasteiger partial charge in [-0.2, -0.15) is 0 Å². The maximum Gasteiger partial charge on any atom is 0.338 e. The van der Waals surface area contributed by atoms with E-state index in [1.165, 1.54) is 24.3 Å². The van der Waals surface area contributed by atoms with E-state index in [9.17, 15) is 18.8 Å². The second-order valence-electron chi connectivity index (χ2n) is 10.1. The summed E-state index contributed by atoms with van der Waals surface area (Å²) in [5, 5.41) is 5.09. The highest BCUT2D eigenvalue weighted by Gasteiger charge is 2.23. The maximum atomic E-state index is 13.0. The summed E-state index contributed by atoms with van der Waals surface area (Å²) in [7, 11) is 4.12. The normalized spacial score (nSPS) is 13.5. The second kappa shape index (κ2) is 14.0. The Kier molecular flexibility index (Phi) is 10.1. The van der Waals surface area contributed by atoms with Gasteiger partial charge in [0.05, 0.1) is 12.1 Å². The van der Waals surface area contributed by atoms with Gasteiger partial charge in [-0.3, -0.25) is 15.4 Å². The maximum absolute atomic E-state index is 13.0. The van der Waals surface area contributed by atoms with Crippen molar-refractivity contribution in [3.8, 4) is 11.5 Å². The molecule has 1 fully saturated rings. The minimum absolute atomic E-state index is 0.0793. The Morgan fingerprint density at radius 1 is 1.02 bits per heavy atom. The number of nitrogens with zero attached hydrogens (tertiary/aromatic N) is 4. The Balaban J connectivity index is 1.27. The Morgan fingerprint density at radius 3 is 2.37 bits per heavy atom. The first-order valence-corrected chi connectivity index (χ1v) is 13.6. The summed E-state index contributed by atoms with van der Waals surface area (Å²) in [6.45, 7) is 2.43. The third-order valence-electron chi connectivity index (χ3n) is 6.53. The fraction of sp³-hybridized carbons (Fsp3) is 0.310. The SMILES string of the molecule is CN(C)CC1CCN(C(=O)Nc2cc(Oc3ccc(N(S)C(=O)NC(=O)Cc4ccc(F)cc4)cc3)ccn2)CC1. The number of urea groups is 2. The molecule has 0 aliphatic carbocycles. The van der Waals surface area contributed by atoms with Gasteiger partial charge in [-0.05, 0) is 80.9 Å². The molecule has 12 heteroatoms. The highest BCUT2D eigenvalue weighted by molar-refractivity contribution is 7.82. The van der Waals surface area contributed by atoms with Gasteiger partial charge in [-0.25, -0.2) is 23.3 Å². The number of benzene rings is 2. The highest BCUT2D eigenvalue weighted by atomic mass is 32.1. The van der Waals surface area contributed by atoms with Crippen LogP contribution in [0.25, 0.3) is 0 Å². The molecule has 0 saturated carbocycles. The number of amides is 5. The lowest BCUT2D eigenvalue weighted by Crippen LogP contribution is -2.42. The number of nitrogens with one attached hydrogen (secondary N) is 2. The molecule has 3 aromatic rings. The summed E-state index contributed by atoms with van der Waals surface area (Å²) >= 11 is 4.19. The number of piperidine rings is 1. The van der Waals surface area contributed by atoms with Gasteiger partial charge < -0.3 is 14.5 Å². The van der Waals surface area contributed by atoms with Crippen LogP contribution in [0.5, 0.6) is 11.5 Å². The number of carbonyl (C=O) groups excluding carboxylic acids is 3. The predicted molar refractivity (Wildman–Crippen MR) is 158 cm³/mol. The zero-order valence-corrected chi connectivity index (χ0v) is 23.8. The fourth-order valence-electron chi connectivity index (χ4n) is 4.48. The van der Waals surface area contributed by atoms with Crippen molar-refractivity contribution in [2.24, 2.45) is 5.92 Å². The topological polar surface area (TPSA) is 107 Å². The highest BCUT2D eigenvalue weighted by Crippen LogP contribution is 2.27. The van der Waals surface area contributed by atoms with Crippen LogP contribution >= 0.6 is 12.8 Å². The van der Waals surface area contributed by atoms with E-state index in [0.29, 0.717) is 47.6 Å². The molecule has 216 valence electrons. The molecule has 1 saturated heterocycles. The molecular formula is C29H33FN6O4S. The summed E-state index contributed by atoms with van der Waals surface area (Å²) in [6, 6.07) is 14.3. The Bertz CT molecular complexity index is 1350. The van der Waals surface area contributed by atoms with Crippen molar-refractivity contribution in [2.75, 3.05) is 43.4 Å². The standard InChI is InChI=1S/C29H33FN6O4S/c1-34(2)19-21-12-15-35(16-13-21)28(38)32-26-18-25(11-14-31-26)40-24-9-7-23(8-10-24)36(41)29(39)33-27(37)17-20-3-5-22(30)6-4-20/h3-11,14,18,21,41H,12-13,15-17,19H2,1-2H3,(H,31,32,38)(H,33,37,39). The van der Waals surface area contributed by atoms with Gasteiger partial charge >= 0.3 is 12.1 Å². The number of pyridine rings is 1. The van der Waals surface area contributed by atoms with E-state index in [2.05, 4.69) is 47.4 Å². The summed E-state index contributed by atoms with van der Waals surface area (Å²) < 4.78 is 19.9. The summed E-state index contributed by atoms with van der Waals surface area (Å²) in [4.78, 5) is 45.6. The van der Waals surface area contributed by atoms with Gasteiger partial charge in [-0.1, -0.05) is 24.9 Å². The summed E-state index contributed by atoms with van der Waals surface area (Å²) in [6.07, 6.45) is 3.40. The molecule has 1 aliphatic rings. The van der Waals surface area contributed by atoms with Crippen LogP contribution in [0.3, 0.4) is 0 Å². The number of halogens is 1. The van der Waals surface area contributed by atoms with Crippen LogP contribution in [0.2, 0.25) is 0 Å². The second-order valence-corrected chi connectivity index (χ2v) is 10.5. The summed E-state index contributed by atoms with van der Waals surface area (Å²) in [5.41, 5.74) is 0.979. The van der Waals surface area contributed by atoms with Gasteiger partial charge in [0.25, 0.3) is 0 Å². The molecule has 0 spiro atoms. The first-order valence-electron chi connectivity index (χ1n) is 13.2. The van der Waals surface area contributed by atoms with E-state index in [-0.39, 0.29) is 12.5 Å². The molecule has 1 aromatic heterocycles. The van der Waals surface area contributed by atoms with Crippen molar-refractivity contribution in [1.29, 1.82) is 0 Å². The number of likely N-dealkylation sites (tertiary alicyclic amines) is 1. The van der Waals surface area contributed by atoms with Gasteiger partial charge in [0, 0.05) is 31.9 Å². The van der Waals surface area contributed by atoms with Crippen molar-refractivity contribution in [1.82, 2.24) is 20.1 Å². The lowest BCUT2D eigenvalue weighted by molar-refractivity contribution is -0.119. The molecule has 0 radical (unpaired) electrons.